The minimum Gasteiger partial charge on any atom is -0.478 e. The van der Waals surface area contributed by atoms with Gasteiger partial charge in [-0.15, -0.1) is 0 Å². The molecule has 2 amide bonds. The first-order valence-corrected chi connectivity index (χ1v) is 12.0. The molecule has 186 valence electrons. The number of aryl methyl sites for hydroxylation is 2. The summed E-state index contributed by atoms with van der Waals surface area (Å²) in [5.74, 6) is 0.0119. The van der Waals surface area contributed by atoms with Crippen LogP contribution in [0.2, 0.25) is 0 Å². The molecule has 0 aliphatic rings. The third-order valence-electron chi connectivity index (χ3n) is 6.16. The van der Waals surface area contributed by atoms with Gasteiger partial charge in [0.05, 0.1) is 23.5 Å². The molecule has 0 bridgehead atoms. The highest BCUT2D eigenvalue weighted by Crippen LogP contribution is 2.26. The molecule has 0 spiro atoms. The second-order valence-electron chi connectivity index (χ2n) is 9.05. The molecule has 0 saturated carbocycles. The number of fused-ring (bicyclic) bond motifs is 1. The van der Waals surface area contributed by atoms with Crippen LogP contribution in [0.5, 0.6) is 0 Å². The van der Waals surface area contributed by atoms with Crippen molar-refractivity contribution in [2.75, 3.05) is 19.4 Å². The first-order valence-electron chi connectivity index (χ1n) is 12.0. The summed E-state index contributed by atoms with van der Waals surface area (Å²) in [5, 5.41) is 12.4. The topological polar surface area (TPSA) is 100 Å². The van der Waals surface area contributed by atoms with Crippen LogP contribution in [0.25, 0.3) is 22.3 Å². The number of pyridine rings is 1. The summed E-state index contributed by atoms with van der Waals surface area (Å²) in [4.78, 5) is 35.0. The van der Waals surface area contributed by atoms with Gasteiger partial charge in [-0.05, 0) is 42.2 Å². The van der Waals surface area contributed by atoms with E-state index in [0.717, 1.165) is 53.1 Å². The van der Waals surface area contributed by atoms with E-state index in [1.807, 2.05) is 49.4 Å². The van der Waals surface area contributed by atoms with Gasteiger partial charge in [-0.2, -0.15) is 0 Å². The molecule has 0 atom stereocenters. The number of benzene rings is 2. The lowest BCUT2D eigenvalue weighted by molar-refractivity contribution is 0.0697. The Bertz CT molecular complexity index is 1410. The maximum Gasteiger partial charge on any atom is 0.336 e. The second-order valence-corrected chi connectivity index (χ2v) is 9.05. The van der Waals surface area contributed by atoms with Crippen LogP contribution in [0.4, 0.5) is 10.5 Å². The van der Waals surface area contributed by atoms with Crippen molar-refractivity contribution < 1.29 is 14.7 Å². The Labute approximate surface area is 210 Å². The Morgan fingerprint density at radius 1 is 1.06 bits per heavy atom. The van der Waals surface area contributed by atoms with E-state index in [1.165, 1.54) is 4.90 Å². The number of aromatic carboxylic acids is 1. The SMILES string of the molecule is CCCCc1nc2cc(NC(=O)N(C)C)c(C)nc2n1Cc1ccc(-c2ccccc2C(=O)O)cc1. The highest BCUT2D eigenvalue weighted by Gasteiger charge is 2.17. The van der Waals surface area contributed by atoms with Gasteiger partial charge in [-0.3, -0.25) is 0 Å². The largest absolute Gasteiger partial charge is 0.478 e. The fourth-order valence-electron chi connectivity index (χ4n) is 4.12. The Kier molecular flexibility index (Phi) is 7.33. The highest BCUT2D eigenvalue weighted by atomic mass is 16.4. The van der Waals surface area contributed by atoms with Crippen molar-refractivity contribution in [3.05, 3.63) is 77.2 Å². The molecular formula is C28H31N5O3. The van der Waals surface area contributed by atoms with Crippen molar-refractivity contribution in [2.24, 2.45) is 0 Å². The number of amides is 2. The van der Waals surface area contributed by atoms with Gasteiger partial charge in [0.25, 0.3) is 0 Å². The third-order valence-corrected chi connectivity index (χ3v) is 6.16. The third kappa shape index (κ3) is 5.22. The van der Waals surface area contributed by atoms with Gasteiger partial charge < -0.3 is 19.9 Å². The zero-order chi connectivity index (χ0) is 25.8. The summed E-state index contributed by atoms with van der Waals surface area (Å²) in [6.45, 7) is 4.62. The number of carbonyl (C=O) groups excluding carboxylic acids is 1. The minimum absolute atomic E-state index is 0.213. The van der Waals surface area contributed by atoms with Gasteiger partial charge in [0.2, 0.25) is 0 Å². The Balaban J connectivity index is 1.68. The van der Waals surface area contributed by atoms with E-state index in [4.69, 9.17) is 9.97 Å². The van der Waals surface area contributed by atoms with Crippen LogP contribution in [0.15, 0.2) is 54.6 Å². The van der Waals surface area contributed by atoms with Gasteiger partial charge in [0.15, 0.2) is 5.65 Å². The number of aromatic nitrogens is 3. The smallest absolute Gasteiger partial charge is 0.336 e. The molecule has 0 fully saturated rings. The molecule has 0 aliphatic heterocycles. The molecule has 8 heteroatoms. The maximum absolute atomic E-state index is 12.2. The van der Waals surface area contributed by atoms with Gasteiger partial charge in [-0.25, -0.2) is 19.6 Å². The minimum atomic E-state index is -0.942. The van der Waals surface area contributed by atoms with Crippen LogP contribution >= 0.6 is 0 Å². The molecule has 0 radical (unpaired) electrons. The van der Waals surface area contributed by atoms with E-state index in [-0.39, 0.29) is 11.6 Å². The summed E-state index contributed by atoms with van der Waals surface area (Å²) in [6.07, 6.45) is 2.89. The lowest BCUT2D eigenvalue weighted by Gasteiger charge is -2.14. The number of rotatable bonds is 8. The van der Waals surface area contributed by atoms with Crippen LogP contribution in [0.3, 0.4) is 0 Å². The normalized spacial score (nSPS) is 11.0. The van der Waals surface area contributed by atoms with Crippen molar-refractivity contribution in [3.63, 3.8) is 0 Å². The zero-order valence-corrected chi connectivity index (χ0v) is 21.1. The highest BCUT2D eigenvalue weighted by molar-refractivity contribution is 5.96. The number of carboxylic acid groups (broad SMARTS) is 1. The average Bonchev–Trinajstić information content (AvgIpc) is 3.19. The van der Waals surface area contributed by atoms with Crippen LogP contribution in [0, 0.1) is 6.92 Å². The Hall–Kier alpha value is -4.20. The van der Waals surface area contributed by atoms with Crippen LogP contribution in [0.1, 0.15) is 47.2 Å². The lowest BCUT2D eigenvalue weighted by atomic mass is 9.99. The summed E-state index contributed by atoms with van der Waals surface area (Å²) < 4.78 is 2.13. The standard InChI is InChI=1S/C28H31N5O3/c1-5-6-11-25-30-24-16-23(31-28(36)32(3)4)18(2)29-26(24)33(25)17-19-12-14-20(15-13-19)21-9-7-8-10-22(21)27(34)35/h7-10,12-16H,5-6,11,17H2,1-4H3,(H,31,36)(H,34,35). The van der Waals surface area contributed by atoms with E-state index >= 15 is 0 Å². The number of carbonyl (C=O) groups is 2. The molecule has 36 heavy (non-hydrogen) atoms. The molecule has 2 heterocycles. The fourth-order valence-corrected chi connectivity index (χ4v) is 4.12. The fraction of sp³-hybridized carbons (Fsp3) is 0.286. The average molecular weight is 486 g/mol. The first kappa shape index (κ1) is 24.9. The van der Waals surface area contributed by atoms with Gasteiger partial charge in [0.1, 0.15) is 11.3 Å². The monoisotopic (exact) mass is 485 g/mol. The van der Waals surface area contributed by atoms with E-state index in [0.29, 0.717) is 17.8 Å². The molecule has 2 aromatic heterocycles. The number of carboxylic acids is 1. The Morgan fingerprint density at radius 3 is 2.44 bits per heavy atom. The van der Waals surface area contributed by atoms with Gasteiger partial charge >= 0.3 is 12.0 Å². The van der Waals surface area contributed by atoms with Crippen molar-refractivity contribution in [3.8, 4) is 11.1 Å². The predicted molar refractivity (Wildman–Crippen MR) is 142 cm³/mol. The zero-order valence-electron chi connectivity index (χ0n) is 21.1. The van der Waals surface area contributed by atoms with E-state index in [9.17, 15) is 14.7 Å². The molecule has 2 N–H and O–H groups in total. The Morgan fingerprint density at radius 2 is 1.78 bits per heavy atom. The van der Waals surface area contributed by atoms with Crippen molar-refractivity contribution >= 4 is 28.9 Å². The molecule has 4 aromatic rings. The summed E-state index contributed by atoms with van der Waals surface area (Å²) in [6, 6.07) is 16.6. The van der Waals surface area contributed by atoms with Gasteiger partial charge in [0, 0.05) is 20.5 Å². The molecule has 0 aliphatic carbocycles. The second kappa shape index (κ2) is 10.6. The molecule has 0 saturated heterocycles. The van der Waals surface area contributed by atoms with Crippen LogP contribution < -0.4 is 5.32 Å². The van der Waals surface area contributed by atoms with Crippen molar-refractivity contribution in [1.29, 1.82) is 0 Å². The molecule has 0 unspecified atom stereocenters. The predicted octanol–water partition coefficient (Wildman–Crippen LogP) is 5.59. The number of urea groups is 1. The molecule has 4 rings (SSSR count). The number of unbranched alkanes of at least 4 members (excludes halogenated alkanes) is 1. The summed E-state index contributed by atoms with van der Waals surface area (Å²) in [7, 11) is 3.39. The summed E-state index contributed by atoms with van der Waals surface area (Å²) >= 11 is 0. The lowest BCUT2D eigenvalue weighted by Crippen LogP contribution is -2.27. The summed E-state index contributed by atoms with van der Waals surface area (Å²) in [5.41, 5.74) is 5.79. The molecule has 2 aromatic carbocycles. The van der Waals surface area contributed by atoms with E-state index in [2.05, 4.69) is 16.8 Å². The number of nitrogens with zero attached hydrogens (tertiary/aromatic N) is 4. The number of imidazole rings is 1. The van der Waals surface area contributed by atoms with Crippen molar-refractivity contribution in [2.45, 2.75) is 39.7 Å². The first-order chi connectivity index (χ1) is 17.3. The van der Waals surface area contributed by atoms with Crippen LogP contribution in [-0.4, -0.2) is 50.6 Å². The molecule has 8 nitrogen and oxygen atoms in total. The number of hydrogen-bond acceptors (Lipinski definition) is 4. The van der Waals surface area contributed by atoms with Crippen LogP contribution in [-0.2, 0) is 13.0 Å². The number of nitrogens with one attached hydrogen (secondary N) is 1. The quantitative estimate of drug-likeness (QED) is 0.339. The van der Waals surface area contributed by atoms with Crippen molar-refractivity contribution in [1.82, 2.24) is 19.4 Å². The molecular weight excluding hydrogens is 454 g/mol. The maximum atomic E-state index is 12.2. The van der Waals surface area contributed by atoms with Gasteiger partial charge in [-0.1, -0.05) is 55.8 Å². The number of anilines is 1. The van der Waals surface area contributed by atoms with E-state index < -0.39 is 5.97 Å². The number of hydrogen-bond donors (Lipinski definition) is 2. The van der Waals surface area contributed by atoms with E-state index in [1.54, 1.807) is 26.2 Å².